The third-order valence-corrected chi connectivity index (χ3v) is 5.39. The molecular weight excluding hydrogens is 370 g/mol. The van der Waals surface area contributed by atoms with Crippen LogP contribution in [0.2, 0.25) is 0 Å². The molecule has 0 bridgehead atoms. The van der Waals surface area contributed by atoms with Gasteiger partial charge >= 0.3 is 0 Å². The summed E-state index contributed by atoms with van der Waals surface area (Å²) in [5.41, 5.74) is 3.57. The normalized spacial score (nSPS) is 11.2. The van der Waals surface area contributed by atoms with Gasteiger partial charge < -0.3 is 5.32 Å². The van der Waals surface area contributed by atoms with Crippen molar-refractivity contribution in [1.29, 1.82) is 0 Å². The molecule has 0 radical (unpaired) electrons. The van der Waals surface area contributed by atoms with Crippen molar-refractivity contribution in [2.24, 2.45) is 0 Å². The van der Waals surface area contributed by atoms with Crippen LogP contribution in [0.3, 0.4) is 0 Å². The molecule has 0 aliphatic heterocycles. The van der Waals surface area contributed by atoms with E-state index in [4.69, 9.17) is 0 Å². The number of carbonyl (C=O) groups is 1. The van der Waals surface area contributed by atoms with Crippen molar-refractivity contribution >= 4 is 5.91 Å². The number of hydrogen-bond acceptors (Lipinski definition) is 2. The van der Waals surface area contributed by atoms with Gasteiger partial charge in [-0.2, -0.15) is 5.10 Å². The van der Waals surface area contributed by atoms with E-state index in [0.717, 1.165) is 22.4 Å². The molecule has 0 aliphatic rings. The molecule has 0 unspecified atom stereocenters. The molecule has 0 spiro atoms. The first-order valence-electron chi connectivity index (χ1n) is 10.2. The largest absolute Gasteiger partial charge is 0.343 e. The zero-order chi connectivity index (χ0) is 20.8. The molecule has 1 N–H and O–H groups in total. The third-order valence-electron chi connectivity index (χ3n) is 5.39. The molecule has 1 aromatic heterocycles. The summed E-state index contributed by atoms with van der Waals surface area (Å²) in [5.74, 6) is 0.0117. The molecule has 0 aliphatic carbocycles. The fourth-order valence-electron chi connectivity index (χ4n) is 3.66. The Bertz CT molecular complexity index is 1050. The molecule has 30 heavy (non-hydrogen) atoms. The molecule has 150 valence electrons. The van der Waals surface area contributed by atoms with Crippen molar-refractivity contribution in [1.82, 2.24) is 15.1 Å². The fraction of sp³-hybridized carbons (Fsp3) is 0.154. The molecule has 1 amide bonds. The first kappa shape index (κ1) is 19.6. The number of hydrogen-bond donors (Lipinski definition) is 1. The number of aryl methyl sites for hydroxylation is 1. The second-order valence-electron chi connectivity index (χ2n) is 7.53. The van der Waals surface area contributed by atoms with Crippen LogP contribution in [0.15, 0.2) is 103 Å². The average molecular weight is 396 g/mol. The number of amides is 1. The van der Waals surface area contributed by atoms with Crippen molar-refractivity contribution in [3.63, 3.8) is 0 Å². The minimum absolute atomic E-state index is 0.0117. The third kappa shape index (κ3) is 4.33. The van der Waals surface area contributed by atoms with Crippen LogP contribution in [0.4, 0.5) is 0 Å². The number of rotatable bonds is 7. The Morgan fingerprint density at radius 1 is 0.867 bits per heavy atom. The zero-order valence-corrected chi connectivity index (χ0v) is 17.0. The lowest BCUT2D eigenvalue weighted by Gasteiger charge is -2.32. The Hall–Kier alpha value is -3.66. The highest BCUT2D eigenvalue weighted by atomic mass is 16.1. The van der Waals surface area contributed by atoms with Gasteiger partial charge in [-0.1, -0.05) is 78.9 Å². The minimum Gasteiger partial charge on any atom is -0.343 e. The van der Waals surface area contributed by atoms with Crippen LogP contribution in [-0.4, -0.2) is 15.7 Å². The quantitative estimate of drug-likeness (QED) is 0.485. The Morgan fingerprint density at radius 3 is 1.97 bits per heavy atom. The Kier molecular flexibility index (Phi) is 5.75. The maximum Gasteiger partial charge on any atom is 0.221 e. The Morgan fingerprint density at radius 2 is 1.40 bits per heavy atom. The van der Waals surface area contributed by atoms with E-state index < -0.39 is 5.54 Å². The Labute approximate surface area is 177 Å². The predicted molar refractivity (Wildman–Crippen MR) is 119 cm³/mol. The summed E-state index contributed by atoms with van der Waals surface area (Å²) >= 11 is 0. The molecule has 0 fully saturated rings. The second-order valence-corrected chi connectivity index (χ2v) is 7.53. The van der Waals surface area contributed by atoms with E-state index in [1.807, 2.05) is 83.8 Å². The molecule has 0 atom stereocenters. The average Bonchev–Trinajstić information content (AvgIpc) is 3.29. The lowest BCUT2D eigenvalue weighted by atomic mass is 9.84. The van der Waals surface area contributed by atoms with Crippen LogP contribution in [0.25, 0.3) is 5.69 Å². The summed E-state index contributed by atoms with van der Waals surface area (Å²) in [4.78, 5) is 12.9. The van der Waals surface area contributed by atoms with Crippen LogP contribution in [0.5, 0.6) is 0 Å². The number of nitrogens with zero attached hydrogens (tertiary/aromatic N) is 2. The molecule has 1 heterocycles. The van der Waals surface area contributed by atoms with Crippen molar-refractivity contribution in [3.05, 3.63) is 120 Å². The lowest BCUT2D eigenvalue weighted by Crippen LogP contribution is -2.44. The summed E-state index contributed by atoms with van der Waals surface area (Å²) in [7, 11) is 0. The summed E-state index contributed by atoms with van der Waals surface area (Å²) in [6, 6.07) is 30.2. The van der Waals surface area contributed by atoms with E-state index in [-0.39, 0.29) is 5.91 Å². The molecule has 4 heteroatoms. The Balaban J connectivity index is 1.47. The van der Waals surface area contributed by atoms with Gasteiger partial charge in [-0.3, -0.25) is 4.79 Å². The highest BCUT2D eigenvalue weighted by Gasteiger charge is 2.30. The van der Waals surface area contributed by atoms with Gasteiger partial charge in [-0.15, -0.1) is 0 Å². The molecule has 4 nitrogen and oxygen atoms in total. The van der Waals surface area contributed by atoms with Gasteiger partial charge in [0.05, 0.1) is 17.4 Å². The summed E-state index contributed by atoms with van der Waals surface area (Å²) in [6.07, 6.45) is 4.85. The molecule has 0 saturated heterocycles. The van der Waals surface area contributed by atoms with E-state index in [0.29, 0.717) is 12.8 Å². The minimum atomic E-state index is -0.589. The number of aromatic nitrogens is 2. The number of para-hydroxylation sites is 1. The van der Waals surface area contributed by atoms with Crippen LogP contribution >= 0.6 is 0 Å². The summed E-state index contributed by atoms with van der Waals surface area (Å²) < 4.78 is 1.84. The van der Waals surface area contributed by atoms with Gasteiger partial charge in [-0.25, -0.2) is 4.68 Å². The highest BCUT2D eigenvalue weighted by molar-refractivity contribution is 5.78. The SMILES string of the molecule is CC(NC(=O)CCc1cnn(-c2ccccc2)c1)(c1ccccc1)c1ccccc1. The van der Waals surface area contributed by atoms with Crippen molar-refractivity contribution in [3.8, 4) is 5.69 Å². The molecular formula is C26H25N3O. The molecule has 3 aromatic carbocycles. The number of nitrogens with one attached hydrogen (secondary N) is 1. The standard InChI is InChI=1S/C26H25N3O/c1-26(22-11-5-2-6-12-22,23-13-7-3-8-14-23)28-25(30)18-17-21-19-27-29(20-21)24-15-9-4-10-16-24/h2-16,19-20H,17-18H2,1H3,(H,28,30). The van der Waals surface area contributed by atoms with Gasteiger partial charge in [0.1, 0.15) is 0 Å². The fourth-order valence-corrected chi connectivity index (χ4v) is 3.66. The zero-order valence-electron chi connectivity index (χ0n) is 17.0. The van der Waals surface area contributed by atoms with Crippen LogP contribution in [-0.2, 0) is 16.8 Å². The summed E-state index contributed by atoms with van der Waals surface area (Å²) in [6.45, 7) is 2.06. The molecule has 0 saturated carbocycles. The first-order valence-corrected chi connectivity index (χ1v) is 10.2. The molecule has 4 rings (SSSR count). The van der Waals surface area contributed by atoms with E-state index in [2.05, 4.69) is 41.6 Å². The van der Waals surface area contributed by atoms with E-state index in [9.17, 15) is 4.79 Å². The van der Waals surface area contributed by atoms with Crippen LogP contribution in [0.1, 0.15) is 30.0 Å². The second kappa shape index (κ2) is 8.78. The van der Waals surface area contributed by atoms with E-state index >= 15 is 0 Å². The van der Waals surface area contributed by atoms with Gasteiger partial charge in [0, 0.05) is 12.6 Å². The lowest BCUT2D eigenvalue weighted by molar-refractivity contribution is -0.122. The maximum atomic E-state index is 12.9. The predicted octanol–water partition coefficient (Wildman–Crippen LogP) is 4.88. The van der Waals surface area contributed by atoms with Crippen molar-refractivity contribution in [2.45, 2.75) is 25.3 Å². The summed E-state index contributed by atoms with van der Waals surface area (Å²) in [5, 5.41) is 7.69. The smallest absolute Gasteiger partial charge is 0.221 e. The monoisotopic (exact) mass is 395 g/mol. The van der Waals surface area contributed by atoms with Crippen LogP contribution < -0.4 is 5.32 Å². The van der Waals surface area contributed by atoms with Gasteiger partial charge in [-0.05, 0) is 42.2 Å². The van der Waals surface area contributed by atoms with Gasteiger partial charge in [0.25, 0.3) is 0 Å². The molecule has 4 aromatic rings. The highest BCUT2D eigenvalue weighted by Crippen LogP contribution is 2.29. The van der Waals surface area contributed by atoms with E-state index in [1.54, 1.807) is 0 Å². The maximum absolute atomic E-state index is 12.9. The van der Waals surface area contributed by atoms with Crippen molar-refractivity contribution < 1.29 is 4.79 Å². The first-order chi connectivity index (χ1) is 14.6. The van der Waals surface area contributed by atoms with Crippen molar-refractivity contribution in [2.75, 3.05) is 0 Å². The van der Waals surface area contributed by atoms with Crippen LogP contribution in [0, 0.1) is 0 Å². The number of carbonyl (C=O) groups excluding carboxylic acids is 1. The van der Waals surface area contributed by atoms with E-state index in [1.165, 1.54) is 0 Å². The van der Waals surface area contributed by atoms with Gasteiger partial charge in [0.2, 0.25) is 5.91 Å². The van der Waals surface area contributed by atoms with Gasteiger partial charge in [0.15, 0.2) is 0 Å². The number of benzene rings is 3. The topological polar surface area (TPSA) is 46.9 Å².